The molecule has 1 aromatic carbocycles. The molecule has 2 aliphatic heterocycles. The van der Waals surface area contributed by atoms with E-state index >= 15 is 0 Å². The van der Waals surface area contributed by atoms with Gasteiger partial charge in [0.1, 0.15) is 5.82 Å². The average molecular weight is 592 g/mol. The molecule has 2 fully saturated rings. The second-order valence-corrected chi connectivity index (χ2v) is 11.1. The molecular weight excluding hydrogens is 557 g/mol. The lowest BCUT2D eigenvalue weighted by atomic mass is 10.0. The maximum absolute atomic E-state index is 13.9. The molecule has 0 spiro atoms. The van der Waals surface area contributed by atoms with Crippen molar-refractivity contribution in [1.29, 1.82) is 0 Å². The zero-order valence-corrected chi connectivity index (χ0v) is 23.5. The molecule has 226 valence electrons. The molecule has 42 heavy (non-hydrogen) atoms. The molecule has 2 aromatic heterocycles. The number of halogens is 5. The third kappa shape index (κ3) is 6.78. The predicted molar refractivity (Wildman–Crippen MR) is 149 cm³/mol. The zero-order valence-electron chi connectivity index (χ0n) is 23.5. The van der Waals surface area contributed by atoms with E-state index in [2.05, 4.69) is 38.9 Å². The normalized spacial score (nSPS) is 19.3. The first-order chi connectivity index (χ1) is 19.9. The van der Waals surface area contributed by atoms with Gasteiger partial charge in [0, 0.05) is 93.6 Å². The van der Waals surface area contributed by atoms with Crippen molar-refractivity contribution in [1.82, 2.24) is 30.1 Å². The second-order valence-electron chi connectivity index (χ2n) is 11.1. The first-order valence-electron chi connectivity index (χ1n) is 14.1. The summed E-state index contributed by atoms with van der Waals surface area (Å²) >= 11 is 0. The summed E-state index contributed by atoms with van der Waals surface area (Å²) in [5, 5.41) is 3.52. The van der Waals surface area contributed by atoms with Crippen LogP contribution in [0.5, 0.6) is 0 Å². The molecule has 1 atom stereocenters. The van der Waals surface area contributed by atoms with Crippen molar-refractivity contribution in [3.63, 3.8) is 0 Å². The van der Waals surface area contributed by atoms with Crippen LogP contribution in [-0.4, -0.2) is 88.4 Å². The van der Waals surface area contributed by atoms with Gasteiger partial charge in [0.25, 0.3) is 11.8 Å². The Kier molecular flexibility index (Phi) is 8.61. The van der Waals surface area contributed by atoms with Crippen molar-refractivity contribution in [3.8, 4) is 0 Å². The molecule has 0 bridgehead atoms. The SMILES string of the molecule is CC(C)N1CCN(c2ccc3c(C(=O)NCC(c4cnc(C(F)(F)F)nc4)N4CCC(F)(F)CC4)cccc3n2)CC1. The largest absolute Gasteiger partial charge is 0.451 e. The molecule has 1 unspecified atom stereocenters. The minimum Gasteiger partial charge on any atom is -0.354 e. The number of fused-ring (bicyclic) bond motifs is 1. The number of pyridine rings is 1. The standard InChI is InChI=1S/C29H34F5N7O/c1-19(2)39-12-14-41(15-13-39)25-7-6-21-22(4-3-5-23(21)38-25)26(42)35-18-24(40-10-8-28(30,31)9-11-40)20-16-36-27(37-17-20)29(32,33)34/h3-7,16-17,19,24H,8-15,18H2,1-2H3,(H,35,42). The quantitative estimate of drug-likeness (QED) is 0.397. The minimum absolute atomic E-state index is 0.0148. The Balaban J connectivity index is 1.32. The van der Waals surface area contributed by atoms with Gasteiger partial charge in [-0.15, -0.1) is 0 Å². The Bertz CT molecular complexity index is 1380. The van der Waals surface area contributed by atoms with Gasteiger partial charge < -0.3 is 10.2 Å². The Labute approximate surface area is 240 Å². The number of amides is 1. The number of alkyl halides is 5. The van der Waals surface area contributed by atoms with E-state index in [1.807, 2.05) is 18.2 Å². The molecule has 0 saturated carbocycles. The smallest absolute Gasteiger partial charge is 0.354 e. The van der Waals surface area contributed by atoms with Crippen LogP contribution in [0.25, 0.3) is 10.9 Å². The van der Waals surface area contributed by atoms with E-state index in [1.54, 1.807) is 17.0 Å². The molecule has 1 N–H and O–H groups in total. The van der Waals surface area contributed by atoms with Crippen LogP contribution in [0.1, 0.15) is 54.5 Å². The third-order valence-corrected chi connectivity index (χ3v) is 8.07. The lowest BCUT2D eigenvalue weighted by molar-refractivity contribution is -0.145. The molecule has 0 aliphatic carbocycles. The number of anilines is 1. The van der Waals surface area contributed by atoms with Crippen molar-refractivity contribution < 1.29 is 26.7 Å². The fraction of sp³-hybridized carbons (Fsp3) is 0.517. The highest BCUT2D eigenvalue weighted by Crippen LogP contribution is 2.33. The molecule has 0 radical (unpaired) electrons. The van der Waals surface area contributed by atoms with Crippen molar-refractivity contribution in [3.05, 3.63) is 59.7 Å². The highest BCUT2D eigenvalue weighted by Gasteiger charge is 2.38. The number of likely N-dealkylation sites (tertiary alicyclic amines) is 1. The number of aromatic nitrogens is 3. The zero-order chi connectivity index (χ0) is 30.1. The van der Waals surface area contributed by atoms with E-state index in [-0.39, 0.29) is 32.5 Å². The molecule has 2 saturated heterocycles. The van der Waals surface area contributed by atoms with Crippen LogP contribution in [0.15, 0.2) is 42.7 Å². The molecule has 2 aliphatic rings. The van der Waals surface area contributed by atoms with Crippen LogP contribution in [0, 0.1) is 0 Å². The first kappa shape index (κ1) is 30.0. The molecule has 13 heteroatoms. The lowest BCUT2D eigenvalue weighted by Gasteiger charge is -2.37. The summed E-state index contributed by atoms with van der Waals surface area (Å²) in [5.74, 6) is -3.66. The van der Waals surface area contributed by atoms with Crippen molar-refractivity contribution in [2.24, 2.45) is 0 Å². The van der Waals surface area contributed by atoms with Gasteiger partial charge >= 0.3 is 6.18 Å². The number of carbonyl (C=O) groups is 1. The Hall–Kier alpha value is -3.45. The van der Waals surface area contributed by atoms with Crippen LogP contribution < -0.4 is 10.2 Å². The monoisotopic (exact) mass is 591 g/mol. The first-order valence-corrected chi connectivity index (χ1v) is 14.1. The number of hydrogen-bond acceptors (Lipinski definition) is 7. The lowest BCUT2D eigenvalue weighted by Crippen LogP contribution is -2.49. The van der Waals surface area contributed by atoms with Crippen LogP contribution in [0.4, 0.5) is 27.8 Å². The second kappa shape index (κ2) is 12.0. The molecule has 1 amide bonds. The molecule has 4 heterocycles. The average Bonchev–Trinajstić information content (AvgIpc) is 2.97. The molecule has 8 nitrogen and oxygen atoms in total. The number of hydrogen-bond donors (Lipinski definition) is 1. The summed E-state index contributed by atoms with van der Waals surface area (Å²) in [4.78, 5) is 31.4. The molecular formula is C29H34F5N7O. The van der Waals surface area contributed by atoms with E-state index < -0.39 is 29.9 Å². The van der Waals surface area contributed by atoms with Gasteiger partial charge in [-0.2, -0.15) is 13.2 Å². The van der Waals surface area contributed by atoms with Gasteiger partial charge in [-0.05, 0) is 38.1 Å². The Morgan fingerprint density at radius 1 is 0.952 bits per heavy atom. The predicted octanol–water partition coefficient (Wildman–Crippen LogP) is 4.78. The minimum atomic E-state index is -4.71. The number of rotatable bonds is 7. The van der Waals surface area contributed by atoms with Crippen molar-refractivity contribution >= 4 is 22.6 Å². The van der Waals surface area contributed by atoms with Crippen LogP contribution in [-0.2, 0) is 6.18 Å². The van der Waals surface area contributed by atoms with Crippen LogP contribution in [0.2, 0.25) is 0 Å². The van der Waals surface area contributed by atoms with E-state index in [4.69, 9.17) is 4.98 Å². The fourth-order valence-electron chi connectivity index (χ4n) is 5.55. The van der Waals surface area contributed by atoms with Gasteiger partial charge in [0.05, 0.1) is 11.6 Å². The number of piperidine rings is 1. The highest BCUT2D eigenvalue weighted by molar-refractivity contribution is 6.06. The number of carbonyl (C=O) groups excluding carboxylic acids is 1. The van der Waals surface area contributed by atoms with Crippen LogP contribution in [0.3, 0.4) is 0 Å². The van der Waals surface area contributed by atoms with E-state index in [1.165, 1.54) is 0 Å². The van der Waals surface area contributed by atoms with Gasteiger partial charge in [0.2, 0.25) is 5.82 Å². The van der Waals surface area contributed by atoms with Gasteiger partial charge in [0.15, 0.2) is 0 Å². The van der Waals surface area contributed by atoms with Gasteiger partial charge in [-0.3, -0.25) is 14.6 Å². The number of benzene rings is 1. The molecule has 5 rings (SSSR count). The van der Waals surface area contributed by atoms with E-state index in [0.717, 1.165) is 44.4 Å². The van der Waals surface area contributed by atoms with Gasteiger partial charge in [-0.1, -0.05) is 6.07 Å². The summed E-state index contributed by atoms with van der Waals surface area (Å²) in [6.45, 7) is 7.97. The Morgan fingerprint density at radius 3 is 2.24 bits per heavy atom. The maximum Gasteiger partial charge on any atom is 0.451 e. The van der Waals surface area contributed by atoms with Crippen molar-refractivity contribution in [2.45, 2.75) is 50.9 Å². The maximum atomic E-state index is 13.9. The topological polar surface area (TPSA) is 77.5 Å². The third-order valence-electron chi connectivity index (χ3n) is 8.07. The summed E-state index contributed by atoms with van der Waals surface area (Å²) in [7, 11) is 0. The van der Waals surface area contributed by atoms with Gasteiger partial charge in [-0.25, -0.2) is 23.7 Å². The summed E-state index contributed by atoms with van der Waals surface area (Å²) in [5.41, 5.74) is 1.36. The van der Waals surface area contributed by atoms with E-state index in [9.17, 15) is 26.7 Å². The number of piperazine rings is 1. The summed E-state index contributed by atoms with van der Waals surface area (Å²) < 4.78 is 66.8. The van der Waals surface area contributed by atoms with Crippen molar-refractivity contribution in [2.75, 3.05) is 50.7 Å². The highest BCUT2D eigenvalue weighted by atomic mass is 19.4. The molecule has 3 aromatic rings. The van der Waals surface area contributed by atoms with E-state index in [0.29, 0.717) is 28.1 Å². The van der Waals surface area contributed by atoms with Crippen LogP contribution >= 0.6 is 0 Å². The fourth-order valence-corrected chi connectivity index (χ4v) is 5.55. The summed E-state index contributed by atoms with van der Waals surface area (Å²) in [6, 6.07) is 8.85. The number of nitrogens with one attached hydrogen (secondary N) is 1. The number of nitrogens with zero attached hydrogens (tertiary/aromatic N) is 6. The Morgan fingerprint density at radius 2 is 1.62 bits per heavy atom. The summed E-state index contributed by atoms with van der Waals surface area (Å²) in [6.07, 6.45) is -3.39.